The average molecular weight is 376 g/mol. The van der Waals surface area contributed by atoms with Crippen molar-refractivity contribution in [2.45, 2.75) is 45.8 Å². The maximum atomic E-state index is 14.1. The van der Waals surface area contributed by atoms with Crippen LogP contribution in [0.2, 0.25) is 0 Å². The fraction of sp³-hybridized carbons (Fsp3) is 0.455. The van der Waals surface area contributed by atoms with E-state index in [-0.39, 0.29) is 30.8 Å². The predicted molar refractivity (Wildman–Crippen MR) is 100 cm³/mol. The monoisotopic (exact) mass is 376 g/mol. The first-order valence-electron chi connectivity index (χ1n) is 9.56. The van der Waals surface area contributed by atoms with Gasteiger partial charge in [0.05, 0.1) is 19.3 Å². The summed E-state index contributed by atoms with van der Waals surface area (Å²) in [5.41, 5.74) is 2.03. The lowest BCUT2D eigenvalue weighted by Crippen LogP contribution is -2.20. The van der Waals surface area contributed by atoms with Gasteiger partial charge < -0.3 is 14.2 Å². The molecule has 1 saturated heterocycles. The molecule has 0 aromatic heterocycles. The van der Waals surface area contributed by atoms with E-state index in [0.29, 0.717) is 5.92 Å². The molecule has 27 heavy (non-hydrogen) atoms. The SMILES string of the molecule is CCOc1ccc(OCc2ccc(C3CCC(CC)CO3)cc2)c(F)c1F. The van der Waals surface area contributed by atoms with Crippen LogP contribution in [0, 0.1) is 17.6 Å². The zero-order valence-electron chi connectivity index (χ0n) is 15.8. The Bertz CT molecular complexity index is 738. The molecule has 0 amide bonds. The Labute approximate surface area is 159 Å². The van der Waals surface area contributed by atoms with Crippen LogP contribution in [0.25, 0.3) is 0 Å². The van der Waals surface area contributed by atoms with Crippen LogP contribution in [0.15, 0.2) is 36.4 Å². The molecule has 2 aromatic carbocycles. The smallest absolute Gasteiger partial charge is 0.204 e. The summed E-state index contributed by atoms with van der Waals surface area (Å²) in [6, 6.07) is 10.7. The van der Waals surface area contributed by atoms with Crippen LogP contribution in [0.5, 0.6) is 11.5 Å². The number of ether oxygens (including phenoxy) is 3. The van der Waals surface area contributed by atoms with Crippen molar-refractivity contribution in [3.8, 4) is 11.5 Å². The van der Waals surface area contributed by atoms with Gasteiger partial charge in [-0.25, -0.2) is 0 Å². The Balaban J connectivity index is 1.58. The summed E-state index contributed by atoms with van der Waals surface area (Å²) in [5.74, 6) is -1.62. The first-order valence-corrected chi connectivity index (χ1v) is 9.56. The van der Waals surface area contributed by atoms with Crippen molar-refractivity contribution in [3.05, 3.63) is 59.2 Å². The summed E-state index contributed by atoms with van der Waals surface area (Å²) in [6.45, 7) is 5.16. The van der Waals surface area contributed by atoms with Crippen molar-refractivity contribution >= 4 is 0 Å². The van der Waals surface area contributed by atoms with Gasteiger partial charge in [-0.2, -0.15) is 8.78 Å². The minimum Gasteiger partial charge on any atom is -0.491 e. The lowest BCUT2D eigenvalue weighted by molar-refractivity contribution is -0.0181. The number of benzene rings is 2. The van der Waals surface area contributed by atoms with Crippen molar-refractivity contribution in [3.63, 3.8) is 0 Å². The quantitative estimate of drug-likeness (QED) is 0.609. The third-order valence-electron chi connectivity index (χ3n) is 5.00. The summed E-state index contributed by atoms with van der Waals surface area (Å²) < 4.78 is 44.4. The Hall–Kier alpha value is -2.14. The molecule has 2 unspecified atom stereocenters. The second kappa shape index (κ2) is 9.18. The fourth-order valence-corrected chi connectivity index (χ4v) is 3.27. The van der Waals surface area contributed by atoms with Crippen molar-refractivity contribution in [1.29, 1.82) is 0 Å². The van der Waals surface area contributed by atoms with E-state index in [1.165, 1.54) is 18.6 Å². The molecule has 2 atom stereocenters. The van der Waals surface area contributed by atoms with E-state index in [4.69, 9.17) is 14.2 Å². The molecule has 3 nitrogen and oxygen atoms in total. The highest BCUT2D eigenvalue weighted by Crippen LogP contribution is 2.32. The van der Waals surface area contributed by atoms with Gasteiger partial charge in [0.15, 0.2) is 11.5 Å². The summed E-state index contributed by atoms with van der Waals surface area (Å²) in [6.07, 6.45) is 3.52. The van der Waals surface area contributed by atoms with Crippen molar-refractivity contribution in [2.75, 3.05) is 13.2 Å². The molecular weight excluding hydrogens is 350 g/mol. The Kier molecular flexibility index (Phi) is 6.67. The molecule has 0 saturated carbocycles. The van der Waals surface area contributed by atoms with Gasteiger partial charge in [0.25, 0.3) is 0 Å². The van der Waals surface area contributed by atoms with Crippen molar-refractivity contribution < 1.29 is 23.0 Å². The minimum absolute atomic E-state index is 0.107. The van der Waals surface area contributed by atoms with E-state index in [1.54, 1.807) is 6.92 Å². The number of hydrogen-bond acceptors (Lipinski definition) is 3. The molecule has 3 rings (SSSR count). The topological polar surface area (TPSA) is 27.7 Å². The van der Waals surface area contributed by atoms with E-state index < -0.39 is 11.6 Å². The van der Waals surface area contributed by atoms with Crippen LogP contribution in [0.4, 0.5) is 8.78 Å². The lowest BCUT2D eigenvalue weighted by Gasteiger charge is -2.28. The second-order valence-corrected chi connectivity index (χ2v) is 6.83. The molecule has 1 aliphatic rings. The van der Waals surface area contributed by atoms with Gasteiger partial charge in [-0.05, 0) is 48.9 Å². The molecule has 5 heteroatoms. The molecule has 146 valence electrons. The first-order chi connectivity index (χ1) is 13.1. The largest absolute Gasteiger partial charge is 0.491 e. The Morgan fingerprint density at radius 1 is 0.926 bits per heavy atom. The van der Waals surface area contributed by atoms with Gasteiger partial charge in [0.1, 0.15) is 6.61 Å². The Morgan fingerprint density at radius 2 is 1.59 bits per heavy atom. The highest BCUT2D eigenvalue weighted by molar-refractivity contribution is 5.35. The zero-order chi connectivity index (χ0) is 19.2. The molecule has 2 aromatic rings. The summed E-state index contributed by atoms with van der Waals surface area (Å²) in [5, 5.41) is 0. The van der Waals surface area contributed by atoms with Crippen LogP contribution in [-0.4, -0.2) is 13.2 Å². The van der Waals surface area contributed by atoms with Gasteiger partial charge in [0.2, 0.25) is 11.6 Å². The second-order valence-electron chi connectivity index (χ2n) is 6.83. The highest BCUT2D eigenvalue weighted by atomic mass is 19.2. The van der Waals surface area contributed by atoms with Gasteiger partial charge in [-0.1, -0.05) is 37.6 Å². The minimum atomic E-state index is -1.03. The van der Waals surface area contributed by atoms with Gasteiger partial charge in [0, 0.05) is 0 Å². The maximum Gasteiger partial charge on any atom is 0.204 e. The van der Waals surface area contributed by atoms with E-state index >= 15 is 0 Å². The molecular formula is C22H26F2O3. The van der Waals surface area contributed by atoms with Crippen molar-refractivity contribution in [1.82, 2.24) is 0 Å². The molecule has 0 aliphatic carbocycles. The number of rotatable bonds is 7. The van der Waals surface area contributed by atoms with Crippen LogP contribution in [0.3, 0.4) is 0 Å². The van der Waals surface area contributed by atoms with E-state index in [1.807, 2.05) is 24.3 Å². The summed E-state index contributed by atoms with van der Waals surface area (Å²) in [7, 11) is 0. The van der Waals surface area contributed by atoms with E-state index in [2.05, 4.69) is 6.92 Å². The molecule has 1 aliphatic heterocycles. The molecule has 0 spiro atoms. The Morgan fingerprint density at radius 3 is 2.15 bits per heavy atom. The number of hydrogen-bond donors (Lipinski definition) is 0. The first kappa shape index (κ1) is 19.6. The molecule has 0 N–H and O–H groups in total. The zero-order valence-corrected chi connectivity index (χ0v) is 15.8. The van der Waals surface area contributed by atoms with Gasteiger partial charge in [-0.3, -0.25) is 0 Å². The van der Waals surface area contributed by atoms with Crippen LogP contribution in [-0.2, 0) is 11.3 Å². The molecule has 1 fully saturated rings. The predicted octanol–water partition coefficient (Wildman–Crippen LogP) is 5.82. The van der Waals surface area contributed by atoms with Crippen LogP contribution < -0.4 is 9.47 Å². The van der Waals surface area contributed by atoms with Crippen LogP contribution >= 0.6 is 0 Å². The normalized spacial score (nSPS) is 19.7. The molecule has 0 bridgehead atoms. The average Bonchev–Trinajstić information content (AvgIpc) is 2.71. The third-order valence-corrected chi connectivity index (χ3v) is 5.00. The lowest BCUT2D eigenvalue weighted by atomic mass is 9.93. The van der Waals surface area contributed by atoms with E-state index in [9.17, 15) is 8.78 Å². The van der Waals surface area contributed by atoms with Crippen molar-refractivity contribution in [2.24, 2.45) is 5.92 Å². The third kappa shape index (κ3) is 4.78. The highest BCUT2D eigenvalue weighted by Gasteiger charge is 2.21. The fourth-order valence-electron chi connectivity index (χ4n) is 3.27. The van der Waals surface area contributed by atoms with Gasteiger partial charge in [-0.15, -0.1) is 0 Å². The molecule has 0 radical (unpaired) electrons. The maximum absolute atomic E-state index is 14.1. The van der Waals surface area contributed by atoms with E-state index in [0.717, 1.165) is 30.6 Å². The standard InChI is InChI=1S/C22H26F2O3/c1-3-15-7-10-18(26-13-15)17-8-5-16(6-9-17)14-27-20-12-11-19(25-4-2)21(23)22(20)24/h5-6,8-9,11-12,15,18H,3-4,7,10,13-14H2,1-2H3. The van der Waals surface area contributed by atoms with Gasteiger partial charge >= 0.3 is 0 Å². The van der Waals surface area contributed by atoms with Crippen LogP contribution in [0.1, 0.15) is 50.3 Å². The number of halogens is 2. The summed E-state index contributed by atoms with van der Waals surface area (Å²) >= 11 is 0. The molecule has 1 heterocycles. The summed E-state index contributed by atoms with van der Waals surface area (Å²) in [4.78, 5) is 0.